The number of hydrogen-bond donors (Lipinski definition) is 1. The Morgan fingerprint density at radius 1 is 1.03 bits per heavy atom. The summed E-state index contributed by atoms with van der Waals surface area (Å²) in [6.45, 7) is 1.97. The van der Waals surface area contributed by atoms with Crippen molar-refractivity contribution in [3.05, 3.63) is 87.3 Å². The first kappa shape index (κ1) is 20.0. The standard InChI is InChI=1S/C23H16Cl2N4O/c1-14-3-7-18(28-23(30)19-8-6-17(24)10-21(19)25)9-15(14)4-5-16-11-26-13-22-20(16)12-27-29(22)2/h3,6-13H,1-2H3,(H,28,30). The van der Waals surface area contributed by atoms with Crippen LogP contribution in [-0.2, 0) is 7.05 Å². The molecule has 0 radical (unpaired) electrons. The lowest BCUT2D eigenvalue weighted by atomic mass is 10.1. The quantitative estimate of drug-likeness (QED) is 0.439. The van der Waals surface area contributed by atoms with E-state index in [2.05, 4.69) is 27.2 Å². The molecule has 7 heteroatoms. The zero-order valence-corrected chi connectivity index (χ0v) is 17.7. The Balaban J connectivity index is 1.63. The van der Waals surface area contributed by atoms with Crippen LogP contribution in [0.4, 0.5) is 5.69 Å². The van der Waals surface area contributed by atoms with Gasteiger partial charge in [-0.05, 0) is 42.8 Å². The molecule has 0 bridgehead atoms. The summed E-state index contributed by atoms with van der Waals surface area (Å²) in [5, 5.41) is 8.83. The molecule has 30 heavy (non-hydrogen) atoms. The highest BCUT2D eigenvalue weighted by atomic mass is 35.5. The minimum Gasteiger partial charge on any atom is -0.322 e. The van der Waals surface area contributed by atoms with Crippen LogP contribution < -0.4 is 5.32 Å². The number of aryl methyl sites for hydroxylation is 2. The maximum Gasteiger partial charge on any atom is 0.257 e. The van der Waals surface area contributed by atoms with Crippen LogP contribution in [0.2, 0.25) is 10.0 Å². The topological polar surface area (TPSA) is 59.8 Å². The summed E-state index contributed by atoms with van der Waals surface area (Å²) in [7, 11) is 1.87. The third-order valence-corrected chi connectivity index (χ3v) is 5.23. The van der Waals surface area contributed by atoms with Crippen molar-refractivity contribution in [2.75, 3.05) is 5.32 Å². The first-order chi connectivity index (χ1) is 14.4. The van der Waals surface area contributed by atoms with Crippen molar-refractivity contribution in [1.82, 2.24) is 14.8 Å². The van der Waals surface area contributed by atoms with Gasteiger partial charge in [-0.3, -0.25) is 14.5 Å². The van der Waals surface area contributed by atoms with Crippen LogP contribution in [0.3, 0.4) is 0 Å². The number of amides is 1. The van der Waals surface area contributed by atoms with E-state index in [0.29, 0.717) is 21.3 Å². The molecule has 148 valence electrons. The molecule has 1 amide bonds. The van der Waals surface area contributed by atoms with E-state index >= 15 is 0 Å². The summed E-state index contributed by atoms with van der Waals surface area (Å²) in [6.07, 6.45) is 5.26. The van der Waals surface area contributed by atoms with E-state index in [4.69, 9.17) is 23.2 Å². The average Bonchev–Trinajstić information content (AvgIpc) is 3.10. The third-order valence-electron chi connectivity index (χ3n) is 4.68. The number of hydrogen-bond acceptors (Lipinski definition) is 3. The third kappa shape index (κ3) is 4.02. The van der Waals surface area contributed by atoms with Crippen LogP contribution in [0.25, 0.3) is 10.9 Å². The number of nitrogens with zero attached hydrogens (tertiary/aromatic N) is 3. The molecule has 0 saturated heterocycles. The largest absolute Gasteiger partial charge is 0.322 e. The number of carbonyl (C=O) groups is 1. The second-order valence-electron chi connectivity index (χ2n) is 6.75. The molecule has 0 fully saturated rings. The van der Waals surface area contributed by atoms with Gasteiger partial charge in [-0.25, -0.2) is 0 Å². The van der Waals surface area contributed by atoms with E-state index in [1.807, 2.05) is 32.2 Å². The Kier molecular flexibility index (Phi) is 5.45. The molecule has 2 aromatic heterocycles. The highest BCUT2D eigenvalue weighted by Gasteiger charge is 2.11. The predicted octanol–water partition coefficient (Wildman–Crippen LogP) is 5.24. The first-order valence-corrected chi connectivity index (χ1v) is 9.83. The van der Waals surface area contributed by atoms with Crippen molar-refractivity contribution in [2.45, 2.75) is 6.92 Å². The average molecular weight is 435 g/mol. The van der Waals surface area contributed by atoms with E-state index in [1.54, 1.807) is 35.4 Å². The van der Waals surface area contributed by atoms with Crippen molar-refractivity contribution in [3.63, 3.8) is 0 Å². The maximum absolute atomic E-state index is 12.6. The number of rotatable bonds is 2. The lowest BCUT2D eigenvalue weighted by Gasteiger charge is -2.08. The lowest BCUT2D eigenvalue weighted by molar-refractivity contribution is 0.102. The Morgan fingerprint density at radius 2 is 1.83 bits per heavy atom. The smallest absolute Gasteiger partial charge is 0.257 e. The molecule has 2 aromatic carbocycles. The highest BCUT2D eigenvalue weighted by molar-refractivity contribution is 6.37. The van der Waals surface area contributed by atoms with Gasteiger partial charge in [-0.2, -0.15) is 5.10 Å². The molecule has 0 aliphatic carbocycles. The zero-order chi connectivity index (χ0) is 21.3. The summed E-state index contributed by atoms with van der Waals surface area (Å²) in [5.41, 5.74) is 4.48. The SMILES string of the molecule is Cc1ccc(NC(=O)c2ccc(Cl)cc2Cl)cc1C#Cc1cncc2c1cnn2C. The van der Waals surface area contributed by atoms with Gasteiger partial charge >= 0.3 is 0 Å². The van der Waals surface area contributed by atoms with Crippen LogP contribution in [-0.4, -0.2) is 20.7 Å². The Hall–Kier alpha value is -3.33. The van der Waals surface area contributed by atoms with Gasteiger partial charge in [-0.15, -0.1) is 0 Å². The van der Waals surface area contributed by atoms with Gasteiger partial charge in [0.25, 0.3) is 5.91 Å². The number of fused-ring (bicyclic) bond motifs is 1. The Morgan fingerprint density at radius 3 is 2.63 bits per heavy atom. The van der Waals surface area contributed by atoms with Gasteiger partial charge in [0.15, 0.2) is 0 Å². The van der Waals surface area contributed by atoms with Crippen molar-refractivity contribution >= 4 is 45.7 Å². The maximum atomic E-state index is 12.6. The lowest BCUT2D eigenvalue weighted by Crippen LogP contribution is -2.12. The molecular formula is C23H16Cl2N4O. The van der Waals surface area contributed by atoms with E-state index < -0.39 is 0 Å². The monoisotopic (exact) mass is 434 g/mol. The van der Waals surface area contributed by atoms with Crippen LogP contribution in [0.15, 0.2) is 55.0 Å². The molecule has 5 nitrogen and oxygen atoms in total. The second-order valence-corrected chi connectivity index (χ2v) is 7.59. The van der Waals surface area contributed by atoms with E-state index in [0.717, 1.165) is 27.6 Å². The van der Waals surface area contributed by atoms with Gasteiger partial charge in [0.1, 0.15) is 0 Å². The summed E-state index contributed by atoms with van der Waals surface area (Å²) in [4.78, 5) is 16.8. The van der Waals surface area contributed by atoms with Crippen molar-refractivity contribution < 1.29 is 4.79 Å². The van der Waals surface area contributed by atoms with Crippen LogP contribution in [0.1, 0.15) is 27.0 Å². The molecule has 0 aliphatic rings. The second kappa shape index (κ2) is 8.19. The van der Waals surface area contributed by atoms with Crippen molar-refractivity contribution in [2.24, 2.45) is 7.05 Å². The molecule has 0 spiro atoms. The number of nitrogens with one attached hydrogen (secondary N) is 1. The van der Waals surface area contributed by atoms with Crippen molar-refractivity contribution in [1.29, 1.82) is 0 Å². The zero-order valence-electron chi connectivity index (χ0n) is 16.2. The fraction of sp³-hybridized carbons (Fsp3) is 0.0870. The molecule has 0 unspecified atom stereocenters. The Labute approximate surface area is 183 Å². The molecule has 0 atom stereocenters. The number of benzene rings is 2. The number of carbonyl (C=O) groups excluding carboxylic acids is 1. The molecule has 4 rings (SSSR count). The van der Waals surface area contributed by atoms with E-state index in [-0.39, 0.29) is 5.91 Å². The number of aromatic nitrogens is 3. The molecular weight excluding hydrogens is 419 g/mol. The fourth-order valence-electron chi connectivity index (χ4n) is 3.00. The van der Waals surface area contributed by atoms with Crippen molar-refractivity contribution in [3.8, 4) is 11.8 Å². The molecule has 4 aromatic rings. The molecule has 1 N–H and O–H groups in total. The minimum absolute atomic E-state index is 0.296. The number of halogens is 2. The highest BCUT2D eigenvalue weighted by Crippen LogP contribution is 2.23. The summed E-state index contributed by atoms with van der Waals surface area (Å²) in [5.74, 6) is 6.04. The fourth-order valence-corrected chi connectivity index (χ4v) is 3.49. The first-order valence-electron chi connectivity index (χ1n) is 9.07. The normalized spacial score (nSPS) is 10.5. The summed E-state index contributed by atoms with van der Waals surface area (Å²) >= 11 is 12.0. The minimum atomic E-state index is -0.316. The van der Waals surface area contributed by atoms with Gasteiger partial charge in [0, 0.05) is 34.9 Å². The Bertz CT molecular complexity index is 1350. The molecule has 0 saturated carbocycles. The van der Waals surface area contributed by atoms with Crippen LogP contribution in [0, 0.1) is 18.8 Å². The van der Waals surface area contributed by atoms with E-state index in [9.17, 15) is 4.79 Å². The van der Waals surface area contributed by atoms with Gasteiger partial charge < -0.3 is 5.32 Å². The van der Waals surface area contributed by atoms with Gasteiger partial charge in [-0.1, -0.05) is 41.1 Å². The number of pyridine rings is 1. The van der Waals surface area contributed by atoms with E-state index in [1.165, 1.54) is 6.07 Å². The summed E-state index contributed by atoms with van der Waals surface area (Å²) in [6, 6.07) is 10.3. The molecule has 2 heterocycles. The van der Waals surface area contributed by atoms with Gasteiger partial charge in [0.2, 0.25) is 0 Å². The van der Waals surface area contributed by atoms with Gasteiger partial charge in [0.05, 0.1) is 34.1 Å². The van der Waals surface area contributed by atoms with Crippen LogP contribution in [0.5, 0.6) is 0 Å². The number of anilines is 1. The molecule has 0 aliphatic heterocycles. The van der Waals surface area contributed by atoms with Crippen LogP contribution >= 0.6 is 23.2 Å². The summed E-state index contributed by atoms with van der Waals surface area (Å²) < 4.78 is 1.76. The predicted molar refractivity (Wildman–Crippen MR) is 120 cm³/mol.